The fourth-order valence-electron chi connectivity index (χ4n) is 1.98. The van der Waals surface area contributed by atoms with Crippen LogP contribution < -0.4 is 4.74 Å². The summed E-state index contributed by atoms with van der Waals surface area (Å²) < 4.78 is 10.1. The Labute approximate surface area is 112 Å². The average Bonchev–Trinajstić information content (AvgIpc) is 2.46. The number of hydrogen-bond acceptors (Lipinski definition) is 3. The largest absolute Gasteiger partial charge is 0.496 e. The van der Waals surface area contributed by atoms with Gasteiger partial charge in [-0.1, -0.05) is 23.8 Å². The van der Waals surface area contributed by atoms with Crippen molar-refractivity contribution in [3.05, 3.63) is 53.6 Å². The number of aryl methyl sites for hydroxylation is 1. The van der Waals surface area contributed by atoms with Gasteiger partial charge in [0.15, 0.2) is 0 Å². The summed E-state index contributed by atoms with van der Waals surface area (Å²) in [5, 5.41) is 0. The zero-order chi connectivity index (χ0) is 13.8. The summed E-state index contributed by atoms with van der Waals surface area (Å²) >= 11 is 0. The molecule has 0 aliphatic rings. The van der Waals surface area contributed by atoms with Gasteiger partial charge >= 0.3 is 5.97 Å². The maximum Gasteiger partial charge on any atom is 0.337 e. The molecule has 2 rings (SSSR count). The highest BCUT2D eigenvalue weighted by Gasteiger charge is 2.10. The molecule has 0 amide bonds. The molecule has 0 aliphatic heterocycles. The molecule has 2 aromatic carbocycles. The van der Waals surface area contributed by atoms with E-state index in [1.165, 1.54) is 7.11 Å². The van der Waals surface area contributed by atoms with Crippen molar-refractivity contribution in [2.24, 2.45) is 0 Å². The SMILES string of the molecule is COC(=O)c1cccc(-c2cc(C)ccc2OC)c1. The molecule has 0 radical (unpaired) electrons. The zero-order valence-electron chi connectivity index (χ0n) is 11.3. The molecule has 0 N–H and O–H groups in total. The predicted molar refractivity (Wildman–Crippen MR) is 74.5 cm³/mol. The van der Waals surface area contributed by atoms with Crippen LogP contribution in [0.25, 0.3) is 11.1 Å². The van der Waals surface area contributed by atoms with Crippen molar-refractivity contribution in [1.82, 2.24) is 0 Å². The molecule has 0 unspecified atom stereocenters. The van der Waals surface area contributed by atoms with Crippen molar-refractivity contribution in [2.45, 2.75) is 6.92 Å². The molecule has 19 heavy (non-hydrogen) atoms. The summed E-state index contributed by atoms with van der Waals surface area (Å²) in [4.78, 5) is 11.6. The summed E-state index contributed by atoms with van der Waals surface area (Å²) in [6.45, 7) is 2.02. The first-order valence-electron chi connectivity index (χ1n) is 5.99. The van der Waals surface area contributed by atoms with Gasteiger partial charge in [-0.05, 0) is 36.8 Å². The third-order valence-electron chi connectivity index (χ3n) is 2.95. The van der Waals surface area contributed by atoms with E-state index in [0.717, 1.165) is 22.4 Å². The van der Waals surface area contributed by atoms with E-state index in [1.807, 2.05) is 43.3 Å². The van der Waals surface area contributed by atoms with Crippen molar-refractivity contribution in [2.75, 3.05) is 14.2 Å². The van der Waals surface area contributed by atoms with Gasteiger partial charge in [0, 0.05) is 5.56 Å². The Hall–Kier alpha value is -2.29. The molecule has 3 nitrogen and oxygen atoms in total. The first kappa shape index (κ1) is 13.1. The maximum absolute atomic E-state index is 11.6. The fraction of sp³-hybridized carbons (Fsp3) is 0.188. The molecule has 0 aliphatic carbocycles. The molecule has 0 saturated heterocycles. The third kappa shape index (κ3) is 2.76. The van der Waals surface area contributed by atoms with E-state index >= 15 is 0 Å². The summed E-state index contributed by atoms with van der Waals surface area (Å²) in [5.74, 6) is 0.445. The van der Waals surface area contributed by atoms with Gasteiger partial charge in [0.2, 0.25) is 0 Å². The molecule has 0 aromatic heterocycles. The molecule has 0 fully saturated rings. The van der Waals surface area contributed by atoms with Gasteiger partial charge in [-0.25, -0.2) is 4.79 Å². The van der Waals surface area contributed by atoms with Gasteiger partial charge in [0.1, 0.15) is 5.75 Å². The molecular weight excluding hydrogens is 240 g/mol. The number of benzene rings is 2. The van der Waals surface area contributed by atoms with Crippen LogP contribution in [0.15, 0.2) is 42.5 Å². The van der Waals surface area contributed by atoms with E-state index in [2.05, 4.69) is 0 Å². The third-order valence-corrected chi connectivity index (χ3v) is 2.95. The van der Waals surface area contributed by atoms with E-state index in [1.54, 1.807) is 13.2 Å². The van der Waals surface area contributed by atoms with Crippen LogP contribution in [0.5, 0.6) is 5.75 Å². The molecular formula is C16H16O3. The van der Waals surface area contributed by atoms with Crippen molar-refractivity contribution < 1.29 is 14.3 Å². The summed E-state index contributed by atoms with van der Waals surface area (Å²) in [5.41, 5.74) is 3.57. The van der Waals surface area contributed by atoms with Gasteiger partial charge in [0.25, 0.3) is 0 Å². The highest BCUT2D eigenvalue weighted by atomic mass is 16.5. The quantitative estimate of drug-likeness (QED) is 0.789. The standard InChI is InChI=1S/C16H16O3/c1-11-7-8-15(18-2)14(9-11)12-5-4-6-13(10-12)16(17)19-3/h4-10H,1-3H3. The Bertz CT molecular complexity index is 603. The Morgan fingerprint density at radius 2 is 1.84 bits per heavy atom. The van der Waals surface area contributed by atoms with Crippen LogP contribution in [0.3, 0.4) is 0 Å². The lowest BCUT2D eigenvalue weighted by atomic mass is 10.0. The fourth-order valence-corrected chi connectivity index (χ4v) is 1.98. The second kappa shape index (κ2) is 5.57. The van der Waals surface area contributed by atoms with Gasteiger partial charge < -0.3 is 9.47 Å². The normalized spacial score (nSPS) is 10.1. The van der Waals surface area contributed by atoms with Crippen LogP contribution in [0.2, 0.25) is 0 Å². The molecule has 3 heteroatoms. The average molecular weight is 256 g/mol. The topological polar surface area (TPSA) is 35.5 Å². The van der Waals surface area contributed by atoms with Crippen LogP contribution in [0, 0.1) is 6.92 Å². The van der Waals surface area contributed by atoms with Crippen molar-refractivity contribution in [3.8, 4) is 16.9 Å². The monoisotopic (exact) mass is 256 g/mol. The number of methoxy groups -OCH3 is 2. The van der Waals surface area contributed by atoms with Crippen molar-refractivity contribution in [3.63, 3.8) is 0 Å². The van der Waals surface area contributed by atoms with E-state index in [9.17, 15) is 4.79 Å². The van der Waals surface area contributed by atoms with Gasteiger partial charge in [0.05, 0.1) is 19.8 Å². The lowest BCUT2D eigenvalue weighted by molar-refractivity contribution is 0.0601. The number of ether oxygens (including phenoxy) is 2. The lowest BCUT2D eigenvalue weighted by Crippen LogP contribution is -2.01. The van der Waals surface area contributed by atoms with Gasteiger partial charge in [-0.3, -0.25) is 0 Å². The minimum atomic E-state index is -0.339. The minimum absolute atomic E-state index is 0.339. The minimum Gasteiger partial charge on any atom is -0.496 e. The Morgan fingerprint density at radius 1 is 1.05 bits per heavy atom. The molecule has 0 bridgehead atoms. The molecule has 0 heterocycles. The Balaban J connectivity index is 2.52. The predicted octanol–water partition coefficient (Wildman–Crippen LogP) is 3.46. The number of hydrogen-bond donors (Lipinski definition) is 0. The van der Waals surface area contributed by atoms with E-state index in [-0.39, 0.29) is 5.97 Å². The molecule has 98 valence electrons. The summed E-state index contributed by atoms with van der Waals surface area (Å²) in [6, 6.07) is 13.3. The van der Waals surface area contributed by atoms with Gasteiger partial charge in [-0.15, -0.1) is 0 Å². The molecule has 0 spiro atoms. The number of carbonyl (C=O) groups is 1. The summed E-state index contributed by atoms with van der Waals surface area (Å²) in [7, 11) is 3.01. The number of rotatable bonds is 3. The van der Waals surface area contributed by atoms with Crippen LogP contribution in [0.1, 0.15) is 15.9 Å². The lowest BCUT2D eigenvalue weighted by Gasteiger charge is -2.10. The molecule has 0 atom stereocenters. The van der Waals surface area contributed by atoms with E-state index in [0.29, 0.717) is 5.56 Å². The number of carbonyl (C=O) groups excluding carboxylic acids is 1. The molecule has 0 saturated carbocycles. The summed E-state index contributed by atoms with van der Waals surface area (Å²) in [6.07, 6.45) is 0. The van der Waals surface area contributed by atoms with E-state index in [4.69, 9.17) is 9.47 Å². The number of esters is 1. The second-order valence-corrected chi connectivity index (χ2v) is 4.28. The van der Waals surface area contributed by atoms with Gasteiger partial charge in [-0.2, -0.15) is 0 Å². The Kier molecular flexibility index (Phi) is 3.85. The van der Waals surface area contributed by atoms with Crippen molar-refractivity contribution in [1.29, 1.82) is 0 Å². The van der Waals surface area contributed by atoms with E-state index < -0.39 is 0 Å². The van der Waals surface area contributed by atoms with Crippen LogP contribution in [-0.2, 0) is 4.74 Å². The van der Waals surface area contributed by atoms with Crippen LogP contribution >= 0.6 is 0 Å². The van der Waals surface area contributed by atoms with Crippen LogP contribution in [0.4, 0.5) is 0 Å². The Morgan fingerprint density at radius 3 is 2.53 bits per heavy atom. The zero-order valence-corrected chi connectivity index (χ0v) is 11.3. The second-order valence-electron chi connectivity index (χ2n) is 4.28. The highest BCUT2D eigenvalue weighted by Crippen LogP contribution is 2.31. The smallest absolute Gasteiger partial charge is 0.337 e. The van der Waals surface area contributed by atoms with Crippen molar-refractivity contribution >= 4 is 5.97 Å². The van der Waals surface area contributed by atoms with Crippen LogP contribution in [-0.4, -0.2) is 20.2 Å². The first-order valence-corrected chi connectivity index (χ1v) is 5.99. The maximum atomic E-state index is 11.6. The highest BCUT2D eigenvalue weighted by molar-refractivity contribution is 5.91. The first-order chi connectivity index (χ1) is 9.15. The molecule has 2 aromatic rings.